The Morgan fingerprint density at radius 2 is 1.97 bits per heavy atom. The maximum absolute atomic E-state index is 12.4. The summed E-state index contributed by atoms with van der Waals surface area (Å²) in [6, 6.07) is 16.8. The van der Waals surface area contributed by atoms with Crippen molar-refractivity contribution < 1.29 is 4.79 Å². The Hall–Kier alpha value is -2.99. The summed E-state index contributed by atoms with van der Waals surface area (Å²) in [6.07, 6.45) is 7.01. The van der Waals surface area contributed by atoms with Crippen LogP contribution in [0.4, 0.5) is 0 Å². The Morgan fingerprint density at radius 1 is 1.14 bits per heavy atom. The Labute approximate surface area is 171 Å². The zero-order valence-corrected chi connectivity index (χ0v) is 16.5. The third-order valence-corrected chi connectivity index (χ3v) is 5.73. The van der Waals surface area contributed by atoms with E-state index in [1.54, 1.807) is 17.3 Å². The smallest absolute Gasteiger partial charge is 0.220 e. The van der Waals surface area contributed by atoms with E-state index in [4.69, 9.17) is 5.73 Å². The van der Waals surface area contributed by atoms with Crippen LogP contribution in [-0.2, 0) is 17.9 Å². The average molecular weight is 390 g/mol. The number of nitrogens with two attached hydrogens (primary N) is 1. The normalized spacial score (nSPS) is 18.7. The second-order valence-corrected chi connectivity index (χ2v) is 7.78. The van der Waals surface area contributed by atoms with E-state index >= 15 is 0 Å². The summed E-state index contributed by atoms with van der Waals surface area (Å²) in [6.45, 7) is 1.22. The van der Waals surface area contributed by atoms with Crippen LogP contribution in [0, 0.1) is 5.92 Å². The van der Waals surface area contributed by atoms with Crippen molar-refractivity contribution >= 4 is 5.91 Å². The van der Waals surface area contributed by atoms with Gasteiger partial charge in [-0.25, -0.2) is 9.67 Å². The van der Waals surface area contributed by atoms with Crippen molar-refractivity contribution in [2.24, 2.45) is 11.7 Å². The van der Waals surface area contributed by atoms with E-state index in [1.807, 2.05) is 12.1 Å². The molecule has 0 bridgehead atoms. The molecule has 1 saturated carbocycles. The molecule has 0 unspecified atom stereocenters. The van der Waals surface area contributed by atoms with Gasteiger partial charge in [-0.2, -0.15) is 5.10 Å². The number of benzene rings is 2. The fourth-order valence-corrected chi connectivity index (χ4v) is 4.07. The molecule has 0 radical (unpaired) electrons. The molecule has 1 fully saturated rings. The van der Waals surface area contributed by atoms with E-state index in [-0.39, 0.29) is 11.9 Å². The van der Waals surface area contributed by atoms with Crippen molar-refractivity contribution in [3.63, 3.8) is 0 Å². The van der Waals surface area contributed by atoms with Crippen LogP contribution < -0.4 is 11.1 Å². The van der Waals surface area contributed by atoms with E-state index in [2.05, 4.69) is 51.8 Å². The molecule has 1 aliphatic rings. The maximum Gasteiger partial charge on any atom is 0.220 e. The van der Waals surface area contributed by atoms with Crippen LogP contribution in [-0.4, -0.2) is 26.7 Å². The molecule has 3 aromatic rings. The highest BCUT2D eigenvalue weighted by Gasteiger charge is 2.25. The summed E-state index contributed by atoms with van der Waals surface area (Å²) in [7, 11) is 0. The van der Waals surface area contributed by atoms with Gasteiger partial charge in [0, 0.05) is 19.0 Å². The van der Waals surface area contributed by atoms with Gasteiger partial charge in [0.25, 0.3) is 0 Å². The number of aromatic nitrogens is 3. The lowest BCUT2D eigenvalue weighted by Crippen LogP contribution is -2.31. The third kappa shape index (κ3) is 4.90. The summed E-state index contributed by atoms with van der Waals surface area (Å²) >= 11 is 0. The Morgan fingerprint density at radius 3 is 2.69 bits per heavy atom. The number of hydrogen-bond donors (Lipinski definition) is 2. The van der Waals surface area contributed by atoms with Crippen molar-refractivity contribution in [1.29, 1.82) is 0 Å². The molecule has 1 amide bonds. The Kier molecular flexibility index (Phi) is 6.00. The topological polar surface area (TPSA) is 85.8 Å². The quantitative estimate of drug-likeness (QED) is 0.650. The molecule has 2 atom stereocenters. The van der Waals surface area contributed by atoms with Gasteiger partial charge < -0.3 is 11.1 Å². The molecule has 150 valence electrons. The minimum absolute atomic E-state index is 0.0883. The number of amides is 1. The van der Waals surface area contributed by atoms with Gasteiger partial charge in [-0.1, -0.05) is 55.0 Å². The largest absolute Gasteiger partial charge is 0.352 e. The summed E-state index contributed by atoms with van der Waals surface area (Å²) < 4.78 is 1.80. The first kappa shape index (κ1) is 19.3. The van der Waals surface area contributed by atoms with Gasteiger partial charge in [-0.05, 0) is 41.0 Å². The lowest BCUT2D eigenvalue weighted by Gasteiger charge is -2.16. The van der Waals surface area contributed by atoms with Gasteiger partial charge in [0.05, 0.1) is 6.54 Å². The molecule has 29 heavy (non-hydrogen) atoms. The second kappa shape index (κ2) is 9.01. The predicted molar refractivity (Wildman–Crippen MR) is 113 cm³/mol. The van der Waals surface area contributed by atoms with Crippen molar-refractivity contribution in [3.8, 4) is 11.1 Å². The first-order valence-electron chi connectivity index (χ1n) is 10.2. The zero-order chi connectivity index (χ0) is 20.1. The average Bonchev–Trinajstić information content (AvgIpc) is 3.39. The van der Waals surface area contributed by atoms with Crippen LogP contribution in [0.1, 0.15) is 36.8 Å². The van der Waals surface area contributed by atoms with Crippen molar-refractivity contribution in [2.75, 3.05) is 0 Å². The van der Waals surface area contributed by atoms with Crippen LogP contribution in [0.25, 0.3) is 11.1 Å². The summed E-state index contributed by atoms with van der Waals surface area (Å²) in [5.41, 5.74) is 10.6. The minimum Gasteiger partial charge on any atom is -0.352 e. The van der Waals surface area contributed by atoms with Crippen LogP contribution in [0.3, 0.4) is 0 Å². The highest BCUT2D eigenvalue weighted by atomic mass is 16.1. The number of carbonyl (C=O) groups excluding carboxylic acids is 1. The fraction of sp³-hybridized carbons (Fsp3) is 0.348. The van der Waals surface area contributed by atoms with E-state index in [1.165, 1.54) is 0 Å². The molecular weight excluding hydrogens is 362 g/mol. The predicted octanol–water partition coefficient (Wildman–Crippen LogP) is 3.13. The Balaban J connectivity index is 1.40. The molecule has 6 nitrogen and oxygen atoms in total. The number of carbonyl (C=O) groups is 1. The molecule has 0 spiro atoms. The SMILES string of the molecule is N[C@@H]1CCC[C@H]1CC(=O)NCc1ccccc1-c1ccc(Cn2cncn2)cc1. The summed E-state index contributed by atoms with van der Waals surface area (Å²) in [5, 5.41) is 7.23. The van der Waals surface area contributed by atoms with Gasteiger partial charge in [-0.15, -0.1) is 0 Å². The third-order valence-electron chi connectivity index (χ3n) is 5.73. The van der Waals surface area contributed by atoms with Gasteiger partial charge in [0.1, 0.15) is 12.7 Å². The summed E-state index contributed by atoms with van der Waals surface area (Å²) in [5.74, 6) is 0.410. The number of nitrogens with zero attached hydrogens (tertiary/aromatic N) is 3. The lowest BCUT2D eigenvalue weighted by molar-refractivity contribution is -0.122. The first-order valence-corrected chi connectivity index (χ1v) is 10.2. The minimum atomic E-state index is 0.0883. The maximum atomic E-state index is 12.4. The molecule has 1 aromatic heterocycles. The van der Waals surface area contributed by atoms with E-state index in [9.17, 15) is 4.79 Å². The van der Waals surface area contributed by atoms with Crippen LogP contribution in [0.2, 0.25) is 0 Å². The van der Waals surface area contributed by atoms with Crippen molar-refractivity contribution in [3.05, 3.63) is 72.3 Å². The molecule has 2 aromatic carbocycles. The van der Waals surface area contributed by atoms with Crippen molar-refractivity contribution in [2.45, 2.75) is 44.8 Å². The van der Waals surface area contributed by atoms with Gasteiger partial charge in [0.2, 0.25) is 5.91 Å². The van der Waals surface area contributed by atoms with E-state index in [0.717, 1.165) is 41.5 Å². The molecule has 3 N–H and O–H groups in total. The zero-order valence-electron chi connectivity index (χ0n) is 16.5. The highest BCUT2D eigenvalue weighted by molar-refractivity contribution is 5.77. The first-order chi connectivity index (χ1) is 14.2. The van der Waals surface area contributed by atoms with Gasteiger partial charge >= 0.3 is 0 Å². The molecule has 0 saturated heterocycles. The molecule has 1 aliphatic carbocycles. The van der Waals surface area contributed by atoms with Crippen LogP contribution in [0.15, 0.2) is 61.2 Å². The standard InChI is InChI=1S/C23H27N5O/c24-22-7-3-5-19(22)12-23(29)26-13-20-4-1-2-6-21(20)18-10-8-17(9-11-18)14-28-16-25-15-27-28/h1-2,4,6,8-11,15-16,19,22H,3,5,7,12-14,24H2,(H,26,29)/t19-,22+/m0/s1. The van der Waals surface area contributed by atoms with Crippen molar-refractivity contribution in [1.82, 2.24) is 20.1 Å². The molecular formula is C23H27N5O. The molecule has 4 rings (SSSR count). The fourth-order valence-electron chi connectivity index (χ4n) is 4.07. The van der Waals surface area contributed by atoms with Crippen LogP contribution in [0.5, 0.6) is 0 Å². The highest BCUT2D eigenvalue weighted by Crippen LogP contribution is 2.27. The molecule has 6 heteroatoms. The van der Waals surface area contributed by atoms with E-state index < -0.39 is 0 Å². The van der Waals surface area contributed by atoms with E-state index in [0.29, 0.717) is 25.4 Å². The Bertz CT molecular complexity index is 936. The number of nitrogens with one attached hydrogen (secondary N) is 1. The monoisotopic (exact) mass is 389 g/mol. The van der Waals surface area contributed by atoms with Gasteiger partial charge in [0.15, 0.2) is 0 Å². The van der Waals surface area contributed by atoms with Gasteiger partial charge in [-0.3, -0.25) is 4.79 Å². The second-order valence-electron chi connectivity index (χ2n) is 7.78. The summed E-state index contributed by atoms with van der Waals surface area (Å²) in [4.78, 5) is 16.4. The van der Waals surface area contributed by atoms with Crippen LogP contribution >= 0.6 is 0 Å². The molecule has 1 heterocycles. The number of rotatable bonds is 7. The molecule has 0 aliphatic heterocycles. The lowest BCUT2D eigenvalue weighted by atomic mass is 9.98. The number of hydrogen-bond acceptors (Lipinski definition) is 4.